The first-order valence-electron chi connectivity index (χ1n) is 13.6. The Hall–Kier alpha value is -4.69. The first-order chi connectivity index (χ1) is 19.7. The minimum atomic E-state index is -0.295. The van der Waals surface area contributed by atoms with E-state index in [0.717, 1.165) is 73.7 Å². The molecular weight excluding hydrogens is 513 g/mol. The average molecular weight is 550 g/mol. The van der Waals surface area contributed by atoms with Crippen molar-refractivity contribution in [1.82, 2.24) is 25.1 Å². The second-order valence-electron chi connectivity index (χ2n) is 10.7. The minimum absolute atomic E-state index is 0.295. The Kier molecular flexibility index (Phi) is 8.03. The zero-order chi connectivity index (χ0) is 29.1. The lowest BCUT2D eigenvalue weighted by Gasteiger charge is -2.14. The van der Waals surface area contributed by atoms with Crippen molar-refractivity contribution >= 4 is 27.9 Å². The van der Waals surface area contributed by atoms with Crippen LogP contribution in [0.25, 0.3) is 39.0 Å². The van der Waals surface area contributed by atoms with Crippen LogP contribution in [0.4, 0.5) is 15.8 Å². The van der Waals surface area contributed by atoms with Crippen LogP contribution >= 0.6 is 0 Å². The van der Waals surface area contributed by atoms with Gasteiger partial charge in [0.2, 0.25) is 0 Å². The molecule has 0 aliphatic heterocycles. The molecule has 0 aliphatic rings. The van der Waals surface area contributed by atoms with Crippen LogP contribution in [0.2, 0.25) is 0 Å². The number of benzene rings is 2. The number of hydrogen-bond donors (Lipinski definition) is 3. The van der Waals surface area contributed by atoms with Crippen molar-refractivity contribution in [1.29, 1.82) is 0 Å². The van der Waals surface area contributed by atoms with E-state index in [0.29, 0.717) is 6.54 Å². The molecule has 0 unspecified atom stereocenters. The van der Waals surface area contributed by atoms with Gasteiger partial charge in [-0.15, -0.1) is 0 Å². The van der Waals surface area contributed by atoms with Crippen LogP contribution in [0.5, 0.6) is 0 Å². The highest BCUT2D eigenvalue weighted by Crippen LogP contribution is 2.35. The van der Waals surface area contributed by atoms with E-state index in [9.17, 15) is 4.39 Å². The number of nitrogens with one attached hydrogen (secondary N) is 3. The highest BCUT2D eigenvalue weighted by molar-refractivity contribution is 5.96. The summed E-state index contributed by atoms with van der Waals surface area (Å²) in [6.07, 6.45) is 7.38. The van der Waals surface area contributed by atoms with E-state index in [1.807, 2.05) is 70.6 Å². The molecule has 0 fully saturated rings. The fourth-order valence-electron chi connectivity index (χ4n) is 4.92. The molecule has 8 heteroatoms. The first-order valence-corrected chi connectivity index (χ1v) is 13.6. The molecule has 41 heavy (non-hydrogen) atoms. The lowest BCUT2D eigenvalue weighted by Crippen LogP contribution is -2.20. The molecular formula is C33H36FN7. The van der Waals surface area contributed by atoms with E-state index >= 15 is 0 Å². The van der Waals surface area contributed by atoms with Gasteiger partial charge in [-0.2, -0.15) is 5.10 Å². The van der Waals surface area contributed by atoms with Gasteiger partial charge in [-0.1, -0.05) is 24.8 Å². The van der Waals surface area contributed by atoms with Gasteiger partial charge < -0.3 is 20.1 Å². The summed E-state index contributed by atoms with van der Waals surface area (Å²) in [5.74, 6) is -0.295. The molecule has 0 spiro atoms. The molecule has 0 radical (unpaired) electrons. The Labute approximate surface area is 240 Å². The van der Waals surface area contributed by atoms with E-state index in [4.69, 9.17) is 0 Å². The van der Waals surface area contributed by atoms with Gasteiger partial charge >= 0.3 is 0 Å². The standard InChI is InChI=1S/C33H36FN7/c1-7-8-28(23-13-25(34)17-26(14-23)36-11-12-40(3)4)29-18-32(37-21(29)2)33-30-16-22(9-10-31(30)38-39-33)24-15-27(41(5)6)20-35-19-24/h7-10,13-20,36-37H,1,11-12H2,2-6H3,(H,38,39)/b28-8-. The number of H-pyrrole nitrogens is 2. The number of hydrogen-bond acceptors (Lipinski definition) is 5. The lowest BCUT2D eigenvalue weighted by atomic mass is 9.96. The van der Waals surface area contributed by atoms with Gasteiger partial charge in [0.25, 0.3) is 0 Å². The topological polar surface area (TPSA) is 75.9 Å². The summed E-state index contributed by atoms with van der Waals surface area (Å²) in [6.45, 7) is 7.50. The maximum Gasteiger partial charge on any atom is 0.125 e. The molecule has 3 aromatic heterocycles. The van der Waals surface area contributed by atoms with E-state index in [2.05, 4.69) is 61.2 Å². The summed E-state index contributed by atoms with van der Waals surface area (Å²) in [5.41, 5.74) is 10.1. The number of aromatic amines is 2. The molecule has 5 aromatic rings. The molecule has 3 heterocycles. The predicted octanol–water partition coefficient (Wildman–Crippen LogP) is 6.72. The zero-order valence-electron chi connectivity index (χ0n) is 24.2. The molecule has 0 amide bonds. The largest absolute Gasteiger partial charge is 0.384 e. The van der Waals surface area contributed by atoms with Gasteiger partial charge in [0.15, 0.2) is 0 Å². The summed E-state index contributed by atoms with van der Waals surface area (Å²) < 4.78 is 14.7. The van der Waals surface area contributed by atoms with Gasteiger partial charge in [0.1, 0.15) is 11.5 Å². The maximum atomic E-state index is 14.7. The summed E-state index contributed by atoms with van der Waals surface area (Å²) in [4.78, 5) is 12.1. The van der Waals surface area contributed by atoms with E-state index in [-0.39, 0.29) is 5.82 Å². The molecule has 0 saturated carbocycles. The number of halogens is 1. The fraction of sp³-hybridized carbons (Fsp3) is 0.212. The van der Waals surface area contributed by atoms with Gasteiger partial charge in [-0.3, -0.25) is 10.1 Å². The number of aryl methyl sites for hydroxylation is 1. The quantitative estimate of drug-likeness (QED) is 0.169. The van der Waals surface area contributed by atoms with E-state index in [1.165, 1.54) is 6.07 Å². The molecule has 5 rings (SSSR count). The third-order valence-electron chi connectivity index (χ3n) is 7.08. The number of rotatable bonds is 10. The molecule has 7 nitrogen and oxygen atoms in total. The van der Waals surface area contributed by atoms with Crippen molar-refractivity contribution in [2.24, 2.45) is 0 Å². The number of nitrogens with zero attached hydrogens (tertiary/aromatic N) is 4. The SMILES string of the molecule is C=C/C=C(/c1cc(F)cc(NCCN(C)C)c1)c1cc(-c2n[nH]c3ccc(-c4cncc(N(C)C)c4)cc23)[nH]c1C. The summed E-state index contributed by atoms with van der Waals surface area (Å²) in [5, 5.41) is 12.2. The molecule has 0 atom stereocenters. The van der Waals surface area contributed by atoms with Crippen LogP contribution in [0.15, 0.2) is 79.7 Å². The highest BCUT2D eigenvalue weighted by atomic mass is 19.1. The molecule has 0 bridgehead atoms. The monoisotopic (exact) mass is 549 g/mol. The van der Waals surface area contributed by atoms with Crippen molar-refractivity contribution in [2.75, 3.05) is 51.5 Å². The average Bonchev–Trinajstić information content (AvgIpc) is 3.54. The van der Waals surface area contributed by atoms with Crippen LogP contribution in [0, 0.1) is 12.7 Å². The zero-order valence-corrected chi connectivity index (χ0v) is 24.2. The van der Waals surface area contributed by atoms with Crippen molar-refractivity contribution < 1.29 is 4.39 Å². The normalized spacial score (nSPS) is 11.8. The van der Waals surface area contributed by atoms with Gasteiger partial charge in [-0.25, -0.2) is 4.39 Å². The fourth-order valence-corrected chi connectivity index (χ4v) is 4.92. The van der Waals surface area contributed by atoms with E-state index in [1.54, 1.807) is 12.1 Å². The van der Waals surface area contributed by atoms with Gasteiger partial charge in [0, 0.05) is 61.3 Å². The second-order valence-corrected chi connectivity index (χ2v) is 10.7. The third kappa shape index (κ3) is 6.07. The number of likely N-dealkylation sites (N-methyl/N-ethyl adjacent to an activating group) is 1. The Morgan fingerprint density at radius 2 is 1.85 bits per heavy atom. The maximum absolute atomic E-state index is 14.7. The molecule has 3 N–H and O–H groups in total. The van der Waals surface area contributed by atoms with Gasteiger partial charge in [-0.05, 0) is 80.2 Å². The van der Waals surface area contributed by atoms with E-state index < -0.39 is 0 Å². The Morgan fingerprint density at radius 1 is 1.02 bits per heavy atom. The van der Waals surface area contributed by atoms with Gasteiger partial charge in [0.05, 0.1) is 23.1 Å². The first kappa shape index (κ1) is 27.9. The summed E-state index contributed by atoms with van der Waals surface area (Å²) in [7, 11) is 8.04. The minimum Gasteiger partial charge on any atom is -0.384 e. The number of fused-ring (bicyclic) bond motifs is 1. The second kappa shape index (κ2) is 11.8. The molecule has 2 aromatic carbocycles. The summed E-state index contributed by atoms with van der Waals surface area (Å²) in [6, 6.07) is 15.5. The highest BCUT2D eigenvalue weighted by Gasteiger charge is 2.17. The number of pyridine rings is 1. The molecule has 0 aliphatic carbocycles. The Morgan fingerprint density at radius 3 is 2.61 bits per heavy atom. The Balaban J connectivity index is 1.52. The number of aromatic nitrogens is 4. The van der Waals surface area contributed by atoms with Crippen LogP contribution in [-0.4, -0.2) is 66.3 Å². The van der Waals surface area contributed by atoms with Crippen molar-refractivity contribution in [3.05, 3.63) is 102 Å². The molecule has 0 saturated heterocycles. The van der Waals surface area contributed by atoms with Crippen LogP contribution in [0.3, 0.4) is 0 Å². The summed E-state index contributed by atoms with van der Waals surface area (Å²) >= 11 is 0. The Bertz CT molecular complexity index is 1730. The van der Waals surface area contributed by atoms with Crippen LogP contribution in [-0.2, 0) is 0 Å². The van der Waals surface area contributed by atoms with Crippen molar-refractivity contribution in [2.45, 2.75) is 6.92 Å². The number of allylic oxidation sites excluding steroid dienone is 2. The van der Waals surface area contributed by atoms with Crippen LogP contribution in [0.1, 0.15) is 16.8 Å². The lowest BCUT2D eigenvalue weighted by molar-refractivity contribution is 0.425. The smallest absolute Gasteiger partial charge is 0.125 e. The van der Waals surface area contributed by atoms with Crippen molar-refractivity contribution in [3.63, 3.8) is 0 Å². The third-order valence-corrected chi connectivity index (χ3v) is 7.08. The van der Waals surface area contributed by atoms with Crippen molar-refractivity contribution in [3.8, 4) is 22.5 Å². The number of anilines is 2. The predicted molar refractivity (Wildman–Crippen MR) is 169 cm³/mol. The molecule has 210 valence electrons. The van der Waals surface area contributed by atoms with Crippen LogP contribution < -0.4 is 10.2 Å².